The molecule has 3 aromatic carbocycles. The summed E-state index contributed by atoms with van der Waals surface area (Å²) in [6.07, 6.45) is 0. The quantitative estimate of drug-likeness (QED) is 0.322. The second-order valence-electron chi connectivity index (χ2n) is 7.91. The Labute approximate surface area is 202 Å². The van der Waals surface area contributed by atoms with Gasteiger partial charge in [0.2, 0.25) is 5.88 Å². The van der Waals surface area contributed by atoms with E-state index in [1.165, 1.54) is 36.4 Å². The predicted octanol–water partition coefficient (Wildman–Crippen LogP) is 5.45. The Morgan fingerprint density at radius 3 is 2.40 bits per heavy atom. The average Bonchev–Trinajstić information content (AvgIpc) is 3.17. The van der Waals surface area contributed by atoms with Crippen molar-refractivity contribution in [1.29, 1.82) is 0 Å². The van der Waals surface area contributed by atoms with Crippen LogP contribution in [0.1, 0.15) is 15.9 Å². The minimum Gasteiger partial charge on any atom is -0.439 e. The molecule has 1 amide bonds. The first kappa shape index (κ1) is 24.1. The SMILES string of the molecule is COCCN(Cc1c(-c2ccccc2)nn(C)c1Oc1cccc(F)c1)C(=O)c1ccc(F)cc1. The molecule has 1 heterocycles. The molecule has 0 saturated heterocycles. The van der Waals surface area contributed by atoms with Crippen LogP contribution in [0.5, 0.6) is 11.6 Å². The molecule has 0 fully saturated rings. The second kappa shape index (κ2) is 10.9. The largest absolute Gasteiger partial charge is 0.439 e. The van der Waals surface area contributed by atoms with Gasteiger partial charge in [-0.2, -0.15) is 5.10 Å². The topological polar surface area (TPSA) is 56.6 Å². The van der Waals surface area contributed by atoms with E-state index in [2.05, 4.69) is 5.10 Å². The summed E-state index contributed by atoms with van der Waals surface area (Å²) in [6.45, 7) is 0.728. The van der Waals surface area contributed by atoms with Crippen molar-refractivity contribution in [3.8, 4) is 22.9 Å². The fourth-order valence-corrected chi connectivity index (χ4v) is 3.71. The van der Waals surface area contributed by atoms with Gasteiger partial charge in [0.25, 0.3) is 5.91 Å². The smallest absolute Gasteiger partial charge is 0.254 e. The van der Waals surface area contributed by atoms with Crippen LogP contribution in [0.3, 0.4) is 0 Å². The first-order valence-electron chi connectivity index (χ1n) is 11.0. The lowest BCUT2D eigenvalue weighted by Crippen LogP contribution is -2.33. The zero-order valence-electron chi connectivity index (χ0n) is 19.4. The molecular weight excluding hydrogens is 452 g/mol. The lowest BCUT2D eigenvalue weighted by molar-refractivity contribution is 0.0679. The number of hydrogen-bond donors (Lipinski definition) is 0. The fourth-order valence-electron chi connectivity index (χ4n) is 3.71. The van der Waals surface area contributed by atoms with Crippen molar-refractivity contribution in [2.75, 3.05) is 20.3 Å². The predicted molar refractivity (Wildman–Crippen MR) is 128 cm³/mol. The maximum Gasteiger partial charge on any atom is 0.254 e. The summed E-state index contributed by atoms with van der Waals surface area (Å²) >= 11 is 0. The molecule has 6 nitrogen and oxygen atoms in total. The number of hydrogen-bond acceptors (Lipinski definition) is 4. The van der Waals surface area contributed by atoms with E-state index in [0.29, 0.717) is 35.1 Å². The number of amides is 1. The summed E-state index contributed by atoms with van der Waals surface area (Å²) in [5, 5.41) is 4.66. The Hall–Kier alpha value is -4.04. The second-order valence-corrected chi connectivity index (χ2v) is 7.91. The molecule has 0 spiro atoms. The van der Waals surface area contributed by atoms with Crippen LogP contribution in [0.4, 0.5) is 8.78 Å². The van der Waals surface area contributed by atoms with Crippen LogP contribution in [0.25, 0.3) is 11.3 Å². The number of ether oxygens (including phenoxy) is 2. The van der Waals surface area contributed by atoms with Crippen LogP contribution in [0.15, 0.2) is 78.9 Å². The van der Waals surface area contributed by atoms with Crippen molar-refractivity contribution in [3.63, 3.8) is 0 Å². The van der Waals surface area contributed by atoms with Crippen LogP contribution < -0.4 is 4.74 Å². The van der Waals surface area contributed by atoms with Crippen molar-refractivity contribution >= 4 is 5.91 Å². The van der Waals surface area contributed by atoms with Crippen LogP contribution in [-0.2, 0) is 18.3 Å². The van der Waals surface area contributed by atoms with Gasteiger partial charge >= 0.3 is 0 Å². The van der Waals surface area contributed by atoms with Crippen LogP contribution >= 0.6 is 0 Å². The van der Waals surface area contributed by atoms with Gasteiger partial charge in [-0.15, -0.1) is 0 Å². The molecule has 0 unspecified atom stereocenters. The molecule has 4 rings (SSSR count). The van der Waals surface area contributed by atoms with E-state index in [1.54, 1.807) is 35.9 Å². The number of rotatable bonds is 9. The van der Waals surface area contributed by atoms with E-state index < -0.39 is 11.6 Å². The molecule has 0 aliphatic rings. The molecule has 0 N–H and O–H groups in total. The summed E-state index contributed by atoms with van der Waals surface area (Å²) in [5.41, 5.74) is 2.47. The van der Waals surface area contributed by atoms with Gasteiger partial charge < -0.3 is 14.4 Å². The maximum absolute atomic E-state index is 13.8. The molecule has 0 aliphatic carbocycles. The van der Waals surface area contributed by atoms with Crippen molar-refractivity contribution in [2.45, 2.75) is 6.54 Å². The number of nitrogens with zero attached hydrogens (tertiary/aromatic N) is 3. The summed E-state index contributed by atoms with van der Waals surface area (Å²) in [6, 6.07) is 20.7. The van der Waals surface area contributed by atoms with Gasteiger partial charge in [0, 0.05) is 37.9 Å². The Bertz CT molecular complexity index is 1290. The van der Waals surface area contributed by atoms with E-state index in [0.717, 1.165) is 5.56 Å². The number of benzene rings is 3. The van der Waals surface area contributed by atoms with Gasteiger partial charge in [0.15, 0.2) is 0 Å². The van der Waals surface area contributed by atoms with Crippen LogP contribution in [0.2, 0.25) is 0 Å². The van der Waals surface area contributed by atoms with E-state index in [9.17, 15) is 13.6 Å². The number of aryl methyl sites for hydroxylation is 1. The van der Waals surface area contributed by atoms with Gasteiger partial charge in [-0.05, 0) is 36.4 Å². The molecule has 35 heavy (non-hydrogen) atoms. The normalized spacial score (nSPS) is 10.9. The highest BCUT2D eigenvalue weighted by molar-refractivity contribution is 5.94. The first-order chi connectivity index (χ1) is 17.0. The molecule has 0 saturated carbocycles. The third kappa shape index (κ3) is 5.73. The summed E-state index contributed by atoms with van der Waals surface area (Å²) in [7, 11) is 3.28. The van der Waals surface area contributed by atoms with Crippen molar-refractivity contribution in [3.05, 3.63) is 102 Å². The van der Waals surface area contributed by atoms with Gasteiger partial charge in [-0.3, -0.25) is 4.79 Å². The highest BCUT2D eigenvalue weighted by Gasteiger charge is 2.25. The van der Waals surface area contributed by atoms with E-state index >= 15 is 0 Å². The monoisotopic (exact) mass is 477 g/mol. The Kier molecular flexibility index (Phi) is 7.52. The minimum absolute atomic E-state index is 0.141. The van der Waals surface area contributed by atoms with E-state index in [-0.39, 0.29) is 19.0 Å². The number of methoxy groups -OCH3 is 1. The molecule has 0 atom stereocenters. The number of aromatic nitrogens is 2. The average molecular weight is 478 g/mol. The number of carbonyl (C=O) groups is 1. The van der Waals surface area contributed by atoms with Crippen LogP contribution in [0, 0.1) is 11.6 Å². The molecular formula is C27H25F2N3O3. The molecule has 4 aromatic rings. The zero-order valence-corrected chi connectivity index (χ0v) is 19.4. The Morgan fingerprint density at radius 1 is 0.971 bits per heavy atom. The molecule has 0 aliphatic heterocycles. The van der Waals surface area contributed by atoms with Gasteiger partial charge in [0.05, 0.1) is 18.7 Å². The Balaban J connectivity index is 1.76. The molecule has 0 bridgehead atoms. The molecule has 180 valence electrons. The van der Waals surface area contributed by atoms with Crippen molar-refractivity contribution in [1.82, 2.24) is 14.7 Å². The fraction of sp³-hybridized carbons (Fsp3) is 0.185. The van der Waals surface area contributed by atoms with Gasteiger partial charge in [-0.1, -0.05) is 36.4 Å². The zero-order chi connectivity index (χ0) is 24.8. The van der Waals surface area contributed by atoms with Crippen molar-refractivity contribution < 1.29 is 23.0 Å². The van der Waals surface area contributed by atoms with Crippen LogP contribution in [-0.4, -0.2) is 40.8 Å². The van der Waals surface area contributed by atoms with E-state index in [1.807, 2.05) is 30.3 Å². The maximum atomic E-state index is 13.8. The third-order valence-electron chi connectivity index (χ3n) is 5.44. The highest BCUT2D eigenvalue weighted by Crippen LogP contribution is 2.34. The third-order valence-corrected chi connectivity index (χ3v) is 5.44. The van der Waals surface area contributed by atoms with Gasteiger partial charge in [-0.25, -0.2) is 13.5 Å². The summed E-state index contributed by atoms with van der Waals surface area (Å²) < 4.78 is 40.1. The van der Waals surface area contributed by atoms with Crippen molar-refractivity contribution in [2.24, 2.45) is 7.05 Å². The van der Waals surface area contributed by atoms with E-state index in [4.69, 9.17) is 9.47 Å². The molecule has 0 radical (unpaired) electrons. The standard InChI is InChI=1S/C27H25F2N3O3/c1-31-27(35-23-10-6-9-22(29)17-23)24(25(30-31)19-7-4-3-5-8-19)18-32(15-16-34-2)26(33)20-11-13-21(28)14-12-20/h3-14,17H,15-16,18H2,1-2H3. The Morgan fingerprint density at radius 2 is 1.71 bits per heavy atom. The number of carbonyl (C=O) groups excluding carboxylic acids is 1. The highest BCUT2D eigenvalue weighted by atomic mass is 19.1. The molecule has 1 aromatic heterocycles. The summed E-state index contributed by atoms with van der Waals surface area (Å²) in [5.74, 6) is -0.454. The number of halogens is 2. The lowest BCUT2D eigenvalue weighted by atomic mass is 10.1. The summed E-state index contributed by atoms with van der Waals surface area (Å²) in [4.78, 5) is 15.0. The molecule has 8 heteroatoms. The first-order valence-corrected chi connectivity index (χ1v) is 11.0. The van der Waals surface area contributed by atoms with Gasteiger partial charge in [0.1, 0.15) is 23.1 Å². The lowest BCUT2D eigenvalue weighted by Gasteiger charge is -2.23. The minimum atomic E-state index is -0.428.